The van der Waals surface area contributed by atoms with E-state index in [2.05, 4.69) is 10.1 Å². The quantitative estimate of drug-likeness (QED) is 0.767. The van der Waals surface area contributed by atoms with Crippen LogP contribution in [0.15, 0.2) is 27.6 Å². The molecule has 0 aliphatic carbocycles. The molecular weight excluding hydrogens is 374 g/mol. The number of β-amino-alcohol motifs (C(OH)–C–C–N with tert-alkyl or cyclic N) is 1. The summed E-state index contributed by atoms with van der Waals surface area (Å²) in [6.45, 7) is 3.83. The van der Waals surface area contributed by atoms with Gasteiger partial charge in [0.1, 0.15) is 6.61 Å². The molecule has 0 saturated carbocycles. The lowest BCUT2D eigenvalue weighted by Gasteiger charge is -2.20. The number of benzene rings is 1. The molecular formula is C17H19N3O6S. The van der Waals surface area contributed by atoms with Crippen molar-refractivity contribution in [1.82, 2.24) is 14.4 Å². The second-order valence-electron chi connectivity index (χ2n) is 7.13. The van der Waals surface area contributed by atoms with Gasteiger partial charge in [0.15, 0.2) is 11.4 Å². The van der Waals surface area contributed by atoms with Gasteiger partial charge in [0.05, 0.1) is 17.0 Å². The van der Waals surface area contributed by atoms with E-state index >= 15 is 0 Å². The highest BCUT2D eigenvalue weighted by Crippen LogP contribution is 2.35. The number of carbonyl (C=O) groups is 1. The van der Waals surface area contributed by atoms with E-state index in [0.29, 0.717) is 11.4 Å². The van der Waals surface area contributed by atoms with Crippen LogP contribution in [-0.4, -0.2) is 47.0 Å². The molecule has 27 heavy (non-hydrogen) atoms. The summed E-state index contributed by atoms with van der Waals surface area (Å²) in [5.74, 6) is -0.0381. The van der Waals surface area contributed by atoms with Crippen LogP contribution in [0.1, 0.15) is 53.8 Å². The van der Waals surface area contributed by atoms with E-state index in [1.165, 1.54) is 12.1 Å². The van der Waals surface area contributed by atoms with Crippen LogP contribution in [0.2, 0.25) is 0 Å². The van der Waals surface area contributed by atoms with Gasteiger partial charge in [-0.1, -0.05) is 25.1 Å². The van der Waals surface area contributed by atoms with Crippen LogP contribution in [0.5, 0.6) is 0 Å². The minimum atomic E-state index is -3.90. The zero-order valence-electron chi connectivity index (χ0n) is 14.9. The molecule has 144 valence electrons. The molecule has 1 N–H and O–H groups in total. The Kier molecular flexibility index (Phi) is 4.09. The van der Waals surface area contributed by atoms with E-state index in [4.69, 9.17) is 9.26 Å². The molecule has 3 heterocycles. The lowest BCUT2D eigenvalue weighted by Crippen LogP contribution is -2.34. The number of hydrogen-bond acceptors (Lipinski definition) is 8. The molecule has 4 rings (SSSR count). The van der Waals surface area contributed by atoms with E-state index in [-0.39, 0.29) is 48.4 Å². The van der Waals surface area contributed by atoms with Crippen molar-refractivity contribution in [3.8, 4) is 0 Å². The maximum atomic E-state index is 13.0. The van der Waals surface area contributed by atoms with Gasteiger partial charge in [0.25, 0.3) is 5.89 Å². The molecule has 0 radical (unpaired) electrons. The van der Waals surface area contributed by atoms with Crippen LogP contribution in [0.4, 0.5) is 0 Å². The molecule has 0 amide bonds. The Bertz CT molecular complexity index is 1020. The molecule has 2 aliphatic heterocycles. The van der Waals surface area contributed by atoms with Crippen molar-refractivity contribution in [3.05, 3.63) is 41.0 Å². The second kappa shape index (κ2) is 6.11. The summed E-state index contributed by atoms with van der Waals surface area (Å²) in [6.07, 6.45) is 0.138. The van der Waals surface area contributed by atoms with Crippen LogP contribution in [0.25, 0.3) is 0 Å². The predicted molar refractivity (Wildman–Crippen MR) is 91.2 cm³/mol. The van der Waals surface area contributed by atoms with Crippen molar-refractivity contribution >= 4 is 16.0 Å². The Morgan fingerprint density at radius 2 is 2.11 bits per heavy atom. The standard InChI is InChI=1S/C17H19N3O6S/c1-10(2)14-18-16(26-19-14)17(22)5-6-20(9-17)27(23,24)12-4-3-11-8-25-15(21)13(11)7-12/h3-4,7,10,22H,5-6,8-9H2,1-2H3/t17-/m1/s1. The first kappa shape index (κ1) is 18.1. The van der Waals surface area contributed by atoms with Crippen LogP contribution in [0.3, 0.4) is 0 Å². The Balaban J connectivity index is 1.61. The van der Waals surface area contributed by atoms with Gasteiger partial charge in [-0.05, 0) is 12.1 Å². The average molecular weight is 393 g/mol. The van der Waals surface area contributed by atoms with E-state index in [9.17, 15) is 18.3 Å². The van der Waals surface area contributed by atoms with Crippen LogP contribution >= 0.6 is 0 Å². The largest absolute Gasteiger partial charge is 0.457 e. The molecule has 0 unspecified atom stereocenters. The summed E-state index contributed by atoms with van der Waals surface area (Å²) in [5, 5.41) is 14.7. The van der Waals surface area contributed by atoms with Crippen molar-refractivity contribution in [3.63, 3.8) is 0 Å². The van der Waals surface area contributed by atoms with Gasteiger partial charge in [-0.2, -0.15) is 9.29 Å². The normalized spacial score (nSPS) is 23.0. The lowest BCUT2D eigenvalue weighted by atomic mass is 10.0. The van der Waals surface area contributed by atoms with Crippen LogP contribution < -0.4 is 0 Å². The third kappa shape index (κ3) is 2.93. The summed E-state index contributed by atoms with van der Waals surface area (Å²) in [5.41, 5.74) is -0.629. The molecule has 1 atom stereocenters. The highest BCUT2D eigenvalue weighted by Gasteiger charge is 2.47. The van der Waals surface area contributed by atoms with Crippen LogP contribution in [0, 0.1) is 0 Å². The van der Waals surface area contributed by atoms with E-state index in [1.54, 1.807) is 6.07 Å². The van der Waals surface area contributed by atoms with Gasteiger partial charge in [-0.15, -0.1) is 0 Å². The zero-order valence-corrected chi connectivity index (χ0v) is 15.7. The molecule has 0 bridgehead atoms. The Morgan fingerprint density at radius 1 is 1.33 bits per heavy atom. The third-order valence-electron chi connectivity index (χ3n) is 4.87. The zero-order chi connectivity index (χ0) is 19.4. The number of aliphatic hydroxyl groups is 1. The SMILES string of the molecule is CC(C)c1noc([C@@]2(O)CCN(S(=O)(=O)c3ccc4c(c3)C(=O)OC4)C2)n1. The van der Waals surface area contributed by atoms with Crippen molar-refractivity contribution in [2.45, 2.75) is 43.3 Å². The first-order chi connectivity index (χ1) is 12.7. The topological polar surface area (TPSA) is 123 Å². The summed E-state index contributed by atoms with van der Waals surface area (Å²) in [6, 6.07) is 4.33. The second-order valence-corrected chi connectivity index (χ2v) is 9.07. The number of sulfonamides is 1. The molecule has 1 aromatic carbocycles. The number of rotatable bonds is 4. The minimum absolute atomic E-state index is 0.0152. The van der Waals surface area contributed by atoms with Crippen molar-refractivity contribution in [2.75, 3.05) is 13.1 Å². The van der Waals surface area contributed by atoms with Crippen LogP contribution in [-0.2, 0) is 27.0 Å². The predicted octanol–water partition coefficient (Wildman–Crippen LogP) is 1.15. The Morgan fingerprint density at radius 3 is 2.81 bits per heavy atom. The molecule has 0 spiro atoms. The molecule has 1 fully saturated rings. The number of hydrogen-bond donors (Lipinski definition) is 1. The summed E-state index contributed by atoms with van der Waals surface area (Å²) < 4.78 is 37.2. The number of fused-ring (bicyclic) bond motifs is 1. The molecule has 1 saturated heterocycles. The maximum Gasteiger partial charge on any atom is 0.338 e. The molecule has 9 nitrogen and oxygen atoms in total. The lowest BCUT2D eigenvalue weighted by molar-refractivity contribution is 0.0194. The molecule has 2 aliphatic rings. The number of esters is 1. The Hall–Kier alpha value is -2.30. The fourth-order valence-electron chi connectivity index (χ4n) is 3.20. The van der Waals surface area contributed by atoms with Gasteiger partial charge in [0.2, 0.25) is 10.0 Å². The number of cyclic esters (lactones) is 1. The van der Waals surface area contributed by atoms with Crippen molar-refractivity contribution in [2.24, 2.45) is 0 Å². The van der Waals surface area contributed by atoms with Gasteiger partial charge in [0, 0.05) is 24.4 Å². The van der Waals surface area contributed by atoms with E-state index < -0.39 is 21.6 Å². The van der Waals surface area contributed by atoms with Gasteiger partial charge in [-0.25, -0.2) is 13.2 Å². The van der Waals surface area contributed by atoms with Crippen molar-refractivity contribution in [1.29, 1.82) is 0 Å². The van der Waals surface area contributed by atoms with Gasteiger partial charge in [-0.3, -0.25) is 0 Å². The fraction of sp³-hybridized carbons (Fsp3) is 0.471. The van der Waals surface area contributed by atoms with Gasteiger partial charge >= 0.3 is 5.97 Å². The highest BCUT2D eigenvalue weighted by atomic mass is 32.2. The van der Waals surface area contributed by atoms with Crippen molar-refractivity contribution < 1.29 is 27.6 Å². The number of carbonyl (C=O) groups excluding carboxylic acids is 1. The summed E-state index contributed by atoms with van der Waals surface area (Å²) in [4.78, 5) is 15.9. The minimum Gasteiger partial charge on any atom is -0.457 e. The Labute approximate surface area is 156 Å². The summed E-state index contributed by atoms with van der Waals surface area (Å²) in [7, 11) is -3.90. The summed E-state index contributed by atoms with van der Waals surface area (Å²) >= 11 is 0. The molecule has 2 aromatic rings. The third-order valence-corrected chi connectivity index (χ3v) is 6.71. The number of aromatic nitrogens is 2. The van der Waals surface area contributed by atoms with E-state index in [1.807, 2.05) is 13.8 Å². The molecule has 10 heteroatoms. The maximum absolute atomic E-state index is 13.0. The average Bonchev–Trinajstić information content (AvgIpc) is 3.34. The first-order valence-electron chi connectivity index (χ1n) is 8.57. The first-order valence-corrected chi connectivity index (χ1v) is 10.0. The van der Waals surface area contributed by atoms with E-state index in [0.717, 1.165) is 4.31 Å². The molecule has 1 aromatic heterocycles. The number of ether oxygens (including phenoxy) is 1. The smallest absolute Gasteiger partial charge is 0.338 e. The van der Waals surface area contributed by atoms with Gasteiger partial charge < -0.3 is 14.4 Å². The highest BCUT2D eigenvalue weighted by molar-refractivity contribution is 7.89. The fourth-order valence-corrected chi connectivity index (χ4v) is 4.72. The monoisotopic (exact) mass is 393 g/mol. The number of nitrogens with zero attached hydrogens (tertiary/aromatic N) is 3.